The molecule has 0 rings (SSSR count). The highest BCUT2D eigenvalue weighted by atomic mass is 16.2. The zero-order valence-corrected chi connectivity index (χ0v) is 6.55. The summed E-state index contributed by atoms with van der Waals surface area (Å²) in [4.78, 5) is 10.9. The summed E-state index contributed by atoms with van der Waals surface area (Å²) in [7, 11) is 0. The molecule has 5 N–H and O–H groups in total. The largest absolute Gasteiger partial charge is 0.319 e. The van der Waals surface area contributed by atoms with E-state index >= 15 is 0 Å². The summed E-state index contributed by atoms with van der Waals surface area (Å²) in [5.41, 5.74) is 11.0. The average molecular weight is 155 g/mol. The summed E-state index contributed by atoms with van der Waals surface area (Å²) in [5.74, 6) is -1.73. The Morgan fingerprint density at radius 1 is 1.64 bits per heavy atom. The van der Waals surface area contributed by atoms with Gasteiger partial charge in [0.05, 0.1) is 0 Å². The number of nitrogens with one attached hydrogen (secondary N) is 1. The van der Waals surface area contributed by atoms with Gasteiger partial charge in [0.25, 0.3) is 0 Å². The van der Waals surface area contributed by atoms with E-state index in [1.165, 1.54) is 6.08 Å². The molecule has 0 unspecified atom stereocenters. The van der Waals surface area contributed by atoms with Gasteiger partial charge in [-0.3, -0.25) is 16.3 Å². The van der Waals surface area contributed by atoms with Crippen LogP contribution < -0.4 is 16.8 Å². The van der Waals surface area contributed by atoms with E-state index in [1.807, 2.05) is 0 Å². The summed E-state index contributed by atoms with van der Waals surface area (Å²) in [5, 5.41) is 2.30. The van der Waals surface area contributed by atoms with E-state index < -0.39 is 5.79 Å². The molecule has 0 saturated carbocycles. The van der Waals surface area contributed by atoms with Crippen LogP contribution in [-0.4, -0.2) is 11.7 Å². The van der Waals surface area contributed by atoms with Crippen LogP contribution in [0.4, 0.5) is 0 Å². The second-order valence-electron chi connectivity index (χ2n) is 2.37. The van der Waals surface area contributed by atoms with Crippen LogP contribution in [-0.2, 0) is 4.79 Å². The quantitative estimate of drug-likeness (QED) is 0.290. The molecule has 0 radical (unpaired) electrons. The third-order valence-corrected chi connectivity index (χ3v) is 1.06. The van der Waals surface area contributed by atoms with Crippen LogP contribution in [0.1, 0.15) is 6.92 Å². The Balaban J connectivity index is 4.15. The molecule has 4 heteroatoms. The topological polar surface area (TPSA) is 81.1 Å². The Hall–Kier alpha value is -1.13. The van der Waals surface area contributed by atoms with Gasteiger partial charge < -0.3 is 5.32 Å². The monoisotopic (exact) mass is 155 g/mol. The molecule has 62 valence electrons. The fourth-order valence-electron chi connectivity index (χ4n) is 0.354. The summed E-state index contributed by atoms with van der Waals surface area (Å²) < 4.78 is 0. The SMILES string of the molecule is C=CC(N)(N)NC(=O)C(=C)C. The minimum absolute atomic E-state index is 0.354. The zero-order valence-electron chi connectivity index (χ0n) is 6.55. The molecule has 0 atom stereocenters. The normalized spacial score (nSPS) is 10.5. The predicted molar refractivity (Wildman–Crippen MR) is 44.3 cm³/mol. The number of carbonyl (C=O) groups excluding carboxylic acids is 1. The minimum atomic E-state index is -1.35. The Morgan fingerprint density at radius 2 is 2.09 bits per heavy atom. The van der Waals surface area contributed by atoms with E-state index in [9.17, 15) is 4.79 Å². The molecule has 1 amide bonds. The van der Waals surface area contributed by atoms with Crippen molar-refractivity contribution in [3.63, 3.8) is 0 Å². The molecule has 11 heavy (non-hydrogen) atoms. The van der Waals surface area contributed by atoms with Crippen LogP contribution in [0, 0.1) is 0 Å². The first kappa shape index (κ1) is 9.87. The number of amides is 1. The highest BCUT2D eigenvalue weighted by Gasteiger charge is 2.16. The molecule has 0 aliphatic heterocycles. The first-order valence-corrected chi connectivity index (χ1v) is 3.08. The predicted octanol–water partition coefficient (Wildman–Crippen LogP) is -0.564. The van der Waals surface area contributed by atoms with Crippen molar-refractivity contribution in [2.75, 3.05) is 0 Å². The van der Waals surface area contributed by atoms with Crippen LogP contribution in [0.25, 0.3) is 0 Å². The Morgan fingerprint density at radius 3 is 2.36 bits per heavy atom. The molecule has 0 spiro atoms. The third-order valence-electron chi connectivity index (χ3n) is 1.06. The van der Waals surface area contributed by atoms with Crippen LogP contribution in [0.2, 0.25) is 0 Å². The van der Waals surface area contributed by atoms with Gasteiger partial charge in [-0.2, -0.15) is 0 Å². The van der Waals surface area contributed by atoms with Crippen molar-refractivity contribution in [3.8, 4) is 0 Å². The molecule has 0 bridgehead atoms. The summed E-state index contributed by atoms with van der Waals surface area (Å²) in [6, 6.07) is 0. The molecule has 0 fully saturated rings. The van der Waals surface area contributed by atoms with Gasteiger partial charge in [-0.25, -0.2) is 0 Å². The molecule has 4 nitrogen and oxygen atoms in total. The first-order chi connectivity index (χ1) is 4.89. The number of carbonyl (C=O) groups is 1. The fraction of sp³-hybridized carbons (Fsp3) is 0.286. The average Bonchev–Trinajstić information content (AvgIpc) is 1.87. The van der Waals surface area contributed by atoms with Crippen LogP contribution in [0.5, 0.6) is 0 Å². The van der Waals surface area contributed by atoms with Crippen LogP contribution >= 0.6 is 0 Å². The van der Waals surface area contributed by atoms with E-state index in [0.717, 1.165) is 0 Å². The van der Waals surface area contributed by atoms with Crippen LogP contribution in [0.3, 0.4) is 0 Å². The first-order valence-electron chi connectivity index (χ1n) is 3.08. The molecule has 0 aliphatic rings. The lowest BCUT2D eigenvalue weighted by Crippen LogP contribution is -2.61. The highest BCUT2D eigenvalue weighted by Crippen LogP contribution is 1.90. The summed E-state index contributed by atoms with van der Waals surface area (Å²) >= 11 is 0. The molecular weight excluding hydrogens is 142 g/mol. The molecule has 0 aromatic rings. The van der Waals surface area contributed by atoms with E-state index in [-0.39, 0.29) is 5.91 Å². The van der Waals surface area contributed by atoms with Gasteiger partial charge in [0.15, 0.2) is 5.79 Å². The van der Waals surface area contributed by atoms with Gasteiger partial charge in [-0.15, -0.1) is 0 Å². The maximum atomic E-state index is 10.9. The zero-order chi connectivity index (χ0) is 9.07. The molecule has 0 aliphatic carbocycles. The number of nitrogens with two attached hydrogens (primary N) is 2. The van der Waals surface area contributed by atoms with Crippen molar-refractivity contribution in [2.45, 2.75) is 12.7 Å². The summed E-state index contributed by atoms with van der Waals surface area (Å²) in [6.45, 7) is 8.33. The second kappa shape index (κ2) is 3.32. The van der Waals surface area contributed by atoms with Gasteiger partial charge in [0.2, 0.25) is 5.91 Å². The number of hydrogen-bond acceptors (Lipinski definition) is 3. The molecule has 0 aromatic heterocycles. The highest BCUT2D eigenvalue weighted by molar-refractivity contribution is 5.92. The van der Waals surface area contributed by atoms with Gasteiger partial charge >= 0.3 is 0 Å². The Labute approximate surface area is 65.9 Å². The van der Waals surface area contributed by atoms with Gasteiger partial charge in [-0.1, -0.05) is 13.2 Å². The molecule has 0 aromatic carbocycles. The van der Waals surface area contributed by atoms with Crippen molar-refractivity contribution in [2.24, 2.45) is 11.5 Å². The standard InChI is InChI=1S/C7H13N3O/c1-4-7(8,9)10-6(11)5(2)3/h4H,1-2,8-9H2,3H3,(H,10,11). The lowest BCUT2D eigenvalue weighted by Gasteiger charge is -2.21. The minimum Gasteiger partial charge on any atom is -0.319 e. The third kappa shape index (κ3) is 3.54. The van der Waals surface area contributed by atoms with Gasteiger partial charge in [0.1, 0.15) is 0 Å². The van der Waals surface area contributed by atoms with E-state index in [0.29, 0.717) is 5.57 Å². The van der Waals surface area contributed by atoms with Crippen LogP contribution in [0.15, 0.2) is 24.8 Å². The van der Waals surface area contributed by atoms with E-state index in [1.54, 1.807) is 6.92 Å². The maximum absolute atomic E-state index is 10.9. The van der Waals surface area contributed by atoms with Crippen molar-refractivity contribution in [1.29, 1.82) is 0 Å². The lowest BCUT2D eigenvalue weighted by molar-refractivity contribution is -0.118. The van der Waals surface area contributed by atoms with Crippen molar-refractivity contribution in [3.05, 3.63) is 24.8 Å². The summed E-state index contributed by atoms with van der Waals surface area (Å²) in [6.07, 6.45) is 1.24. The van der Waals surface area contributed by atoms with Crippen molar-refractivity contribution in [1.82, 2.24) is 5.32 Å². The van der Waals surface area contributed by atoms with Gasteiger partial charge in [0, 0.05) is 5.57 Å². The van der Waals surface area contributed by atoms with E-state index in [4.69, 9.17) is 11.5 Å². The Bertz CT molecular complexity index is 196. The van der Waals surface area contributed by atoms with E-state index in [2.05, 4.69) is 18.5 Å². The molecule has 0 heterocycles. The fourth-order valence-corrected chi connectivity index (χ4v) is 0.354. The van der Waals surface area contributed by atoms with Gasteiger partial charge in [-0.05, 0) is 13.0 Å². The van der Waals surface area contributed by atoms with Crippen molar-refractivity contribution < 1.29 is 4.79 Å². The number of rotatable bonds is 3. The number of hydrogen-bond donors (Lipinski definition) is 3. The smallest absolute Gasteiger partial charge is 0.248 e. The lowest BCUT2D eigenvalue weighted by atomic mass is 10.3. The maximum Gasteiger partial charge on any atom is 0.248 e. The molecular formula is C7H13N3O. The Kier molecular flexibility index (Phi) is 2.98. The molecule has 0 saturated heterocycles. The second-order valence-corrected chi connectivity index (χ2v) is 2.37. The van der Waals surface area contributed by atoms with Crippen molar-refractivity contribution >= 4 is 5.91 Å².